The topological polar surface area (TPSA) is 9.23 Å². The number of rotatable bonds is 0. The van der Waals surface area contributed by atoms with E-state index in [0.717, 1.165) is 13.0 Å². The molecule has 2 aromatic rings. The van der Waals surface area contributed by atoms with Gasteiger partial charge in [0.15, 0.2) is 9.04 Å². The summed E-state index contributed by atoms with van der Waals surface area (Å²) in [6.45, 7) is 3.33. The van der Waals surface area contributed by atoms with E-state index in [0.29, 0.717) is 0 Å². The summed E-state index contributed by atoms with van der Waals surface area (Å²) >= 11 is 0. The van der Waals surface area contributed by atoms with Gasteiger partial charge in [0.05, 0.1) is 0 Å². The van der Waals surface area contributed by atoms with Gasteiger partial charge in [-0.25, -0.2) is 0 Å². The van der Waals surface area contributed by atoms with E-state index in [1.165, 1.54) is 40.8 Å². The summed E-state index contributed by atoms with van der Waals surface area (Å²) < 4.78 is 5.42. The second-order valence-corrected chi connectivity index (χ2v) is 8.18. The molecule has 20 heavy (non-hydrogen) atoms. The van der Waals surface area contributed by atoms with E-state index < -0.39 is 9.04 Å². The second kappa shape index (κ2) is 6.38. The molecule has 0 saturated carbocycles. The van der Waals surface area contributed by atoms with Gasteiger partial charge in [-0.3, -0.25) is 0 Å². The molecule has 4 rings (SSSR count). The van der Waals surface area contributed by atoms with Gasteiger partial charge in [-0.05, 0) is 47.3 Å². The van der Waals surface area contributed by atoms with E-state index in [9.17, 15) is 0 Å². The molecule has 1 aliphatic heterocycles. The van der Waals surface area contributed by atoms with Gasteiger partial charge in [-0.1, -0.05) is 55.0 Å². The molecule has 1 nitrogen and oxygen atoms in total. The van der Waals surface area contributed by atoms with Crippen molar-refractivity contribution in [1.82, 2.24) is 0 Å². The minimum Gasteiger partial charge on any atom is -0.420 e. The standard InChI is InChI=1S/C13H10.C5H12OSi/c1-4-10-6-2-8-12-9-3-7-11(5-1)13(10)12;1-7-5-3-2-4-6-7/h1-8H,9H2;7H,2-5H2,1H3. The molecular formula is C18H22OSi. The van der Waals surface area contributed by atoms with Crippen LogP contribution in [0.15, 0.2) is 42.5 Å². The predicted molar refractivity (Wildman–Crippen MR) is 89.7 cm³/mol. The number of hydrogen-bond donors (Lipinski definition) is 0. The largest absolute Gasteiger partial charge is 0.420 e. The quantitative estimate of drug-likeness (QED) is 0.644. The fourth-order valence-corrected chi connectivity index (χ4v) is 4.57. The molecule has 1 aliphatic carbocycles. The molecule has 1 saturated heterocycles. The van der Waals surface area contributed by atoms with Gasteiger partial charge in [-0.2, -0.15) is 0 Å². The van der Waals surface area contributed by atoms with Gasteiger partial charge in [0.1, 0.15) is 0 Å². The Morgan fingerprint density at radius 1 is 1.05 bits per heavy atom. The monoisotopic (exact) mass is 282 g/mol. The van der Waals surface area contributed by atoms with Crippen LogP contribution in [0.4, 0.5) is 0 Å². The van der Waals surface area contributed by atoms with Gasteiger partial charge in [0.2, 0.25) is 0 Å². The van der Waals surface area contributed by atoms with Crippen LogP contribution in [0.3, 0.4) is 0 Å². The predicted octanol–water partition coefficient (Wildman–Crippen LogP) is 4.56. The van der Waals surface area contributed by atoms with Crippen molar-refractivity contribution in [2.75, 3.05) is 6.61 Å². The summed E-state index contributed by atoms with van der Waals surface area (Å²) in [6, 6.07) is 14.4. The van der Waals surface area contributed by atoms with Crippen LogP contribution in [-0.2, 0) is 10.8 Å². The van der Waals surface area contributed by atoms with Crippen LogP contribution < -0.4 is 0 Å². The minimum atomic E-state index is -0.595. The zero-order valence-corrected chi connectivity index (χ0v) is 13.3. The highest BCUT2D eigenvalue weighted by Crippen LogP contribution is 2.27. The fraction of sp³-hybridized carbons (Fsp3) is 0.333. The maximum absolute atomic E-state index is 5.42. The third-order valence-electron chi connectivity index (χ3n) is 4.07. The minimum absolute atomic E-state index is 0.595. The average molecular weight is 282 g/mol. The summed E-state index contributed by atoms with van der Waals surface area (Å²) in [6.07, 6.45) is 8.26. The highest BCUT2D eigenvalue weighted by Gasteiger charge is 2.08. The average Bonchev–Trinajstić information content (AvgIpc) is 2.50. The van der Waals surface area contributed by atoms with Gasteiger partial charge in [0.25, 0.3) is 0 Å². The van der Waals surface area contributed by atoms with Crippen LogP contribution in [0, 0.1) is 0 Å². The molecule has 0 bridgehead atoms. The summed E-state index contributed by atoms with van der Waals surface area (Å²) in [5.41, 5.74) is 2.81. The van der Waals surface area contributed by atoms with E-state index in [2.05, 4.69) is 55.1 Å². The SMILES string of the molecule is C1=Cc2cccc3cccc(c23)C1.C[SiH]1CCCCO1. The summed E-state index contributed by atoms with van der Waals surface area (Å²) in [5, 5.41) is 2.80. The Labute approximate surface area is 123 Å². The van der Waals surface area contributed by atoms with E-state index in [1.807, 2.05) is 0 Å². The Morgan fingerprint density at radius 3 is 2.60 bits per heavy atom. The summed E-state index contributed by atoms with van der Waals surface area (Å²) in [4.78, 5) is 0. The number of hydrogen-bond acceptors (Lipinski definition) is 1. The smallest absolute Gasteiger partial charge is 0.173 e. The Kier molecular flexibility index (Phi) is 4.33. The molecule has 104 valence electrons. The third kappa shape index (κ3) is 3.02. The molecule has 2 aliphatic rings. The van der Waals surface area contributed by atoms with Crippen LogP contribution in [0.5, 0.6) is 0 Å². The maximum Gasteiger partial charge on any atom is 0.173 e. The molecule has 0 N–H and O–H groups in total. The molecule has 2 aromatic carbocycles. The third-order valence-corrected chi connectivity index (χ3v) is 6.09. The van der Waals surface area contributed by atoms with Gasteiger partial charge < -0.3 is 4.43 Å². The second-order valence-electron chi connectivity index (χ2n) is 5.65. The van der Waals surface area contributed by atoms with Crippen molar-refractivity contribution < 1.29 is 4.43 Å². The van der Waals surface area contributed by atoms with Crippen molar-refractivity contribution in [1.29, 1.82) is 0 Å². The summed E-state index contributed by atoms with van der Waals surface area (Å²) in [5.74, 6) is 0. The molecular weight excluding hydrogens is 260 g/mol. The summed E-state index contributed by atoms with van der Waals surface area (Å²) in [7, 11) is -0.595. The zero-order chi connectivity index (χ0) is 13.8. The lowest BCUT2D eigenvalue weighted by Gasteiger charge is -2.16. The Hall–Kier alpha value is -1.38. The Balaban J connectivity index is 0.000000147. The van der Waals surface area contributed by atoms with Crippen molar-refractivity contribution in [3.05, 3.63) is 53.6 Å². The van der Waals surface area contributed by atoms with Crippen molar-refractivity contribution in [2.24, 2.45) is 0 Å². The van der Waals surface area contributed by atoms with Crippen molar-refractivity contribution in [3.63, 3.8) is 0 Å². The van der Waals surface area contributed by atoms with E-state index in [1.54, 1.807) is 0 Å². The van der Waals surface area contributed by atoms with Gasteiger partial charge in [0, 0.05) is 6.61 Å². The lowest BCUT2D eigenvalue weighted by atomic mass is 9.93. The molecule has 1 heterocycles. The van der Waals surface area contributed by atoms with Crippen LogP contribution in [0.25, 0.3) is 16.8 Å². The van der Waals surface area contributed by atoms with Crippen LogP contribution >= 0.6 is 0 Å². The van der Waals surface area contributed by atoms with Crippen molar-refractivity contribution in [2.45, 2.75) is 31.9 Å². The van der Waals surface area contributed by atoms with Gasteiger partial charge in [-0.15, -0.1) is 0 Å². The Morgan fingerprint density at radius 2 is 1.90 bits per heavy atom. The Bertz CT molecular complexity index is 607. The molecule has 0 amide bonds. The fourth-order valence-electron chi connectivity index (χ4n) is 2.97. The number of benzene rings is 2. The van der Waals surface area contributed by atoms with Crippen LogP contribution in [-0.4, -0.2) is 15.6 Å². The molecule has 1 fully saturated rings. The maximum atomic E-state index is 5.42. The molecule has 1 unspecified atom stereocenters. The highest BCUT2D eigenvalue weighted by molar-refractivity contribution is 6.50. The first-order valence-electron chi connectivity index (χ1n) is 7.63. The van der Waals surface area contributed by atoms with E-state index in [-0.39, 0.29) is 0 Å². The lowest BCUT2D eigenvalue weighted by molar-refractivity contribution is 0.291. The normalized spacial score (nSPS) is 20.4. The first-order valence-corrected chi connectivity index (χ1v) is 10.1. The number of allylic oxidation sites excluding steroid dienone is 1. The van der Waals surface area contributed by atoms with Crippen molar-refractivity contribution in [3.8, 4) is 0 Å². The molecule has 1 atom stereocenters. The molecule has 0 spiro atoms. The zero-order valence-electron chi connectivity index (χ0n) is 12.1. The first kappa shape index (κ1) is 13.6. The first-order chi connectivity index (χ1) is 9.84. The highest BCUT2D eigenvalue weighted by atomic mass is 28.3. The van der Waals surface area contributed by atoms with E-state index in [4.69, 9.17) is 4.43 Å². The van der Waals surface area contributed by atoms with Gasteiger partial charge >= 0.3 is 0 Å². The van der Waals surface area contributed by atoms with Crippen LogP contribution in [0.2, 0.25) is 12.6 Å². The van der Waals surface area contributed by atoms with Crippen LogP contribution in [0.1, 0.15) is 24.0 Å². The van der Waals surface area contributed by atoms with Crippen molar-refractivity contribution >= 4 is 25.9 Å². The molecule has 2 heteroatoms. The van der Waals surface area contributed by atoms with E-state index >= 15 is 0 Å². The molecule has 0 aromatic heterocycles. The lowest BCUT2D eigenvalue weighted by Crippen LogP contribution is -2.18. The molecule has 0 radical (unpaired) electrons.